The van der Waals surface area contributed by atoms with E-state index in [1.54, 1.807) is 18.2 Å². The molecule has 0 atom stereocenters. The van der Waals surface area contributed by atoms with Gasteiger partial charge in [0.1, 0.15) is 0 Å². The van der Waals surface area contributed by atoms with Gasteiger partial charge in [0.2, 0.25) is 0 Å². The Hall–Kier alpha value is -1.97. The van der Waals surface area contributed by atoms with Gasteiger partial charge in [0.15, 0.2) is 0 Å². The van der Waals surface area contributed by atoms with E-state index in [4.69, 9.17) is 11.5 Å². The van der Waals surface area contributed by atoms with Gasteiger partial charge < -0.3 is 16.8 Å². The molecule has 0 saturated carbocycles. The van der Waals surface area contributed by atoms with Crippen LogP contribution in [0.15, 0.2) is 29.8 Å². The van der Waals surface area contributed by atoms with E-state index in [-0.39, 0.29) is 5.91 Å². The molecule has 0 fully saturated rings. The normalized spacial score (nSPS) is 14.3. The molecule has 4 nitrogen and oxygen atoms in total. The molecule has 0 bridgehead atoms. The van der Waals surface area contributed by atoms with Crippen molar-refractivity contribution in [1.29, 1.82) is 0 Å². The Morgan fingerprint density at radius 2 is 1.94 bits per heavy atom. The fraction of sp³-hybridized carbons (Fsp3) is 0.357. The Morgan fingerprint density at radius 1 is 1.22 bits per heavy atom. The number of hydrogen-bond donors (Lipinski definition) is 3. The first-order chi connectivity index (χ1) is 8.65. The summed E-state index contributed by atoms with van der Waals surface area (Å²) in [6.45, 7) is 0.666. The summed E-state index contributed by atoms with van der Waals surface area (Å²) < 4.78 is 0. The smallest absolute Gasteiger partial charge is 0.251 e. The molecule has 5 N–H and O–H groups in total. The largest absolute Gasteiger partial charge is 0.399 e. The molecule has 1 aliphatic rings. The maximum atomic E-state index is 11.9. The highest BCUT2D eigenvalue weighted by Crippen LogP contribution is 2.20. The Bertz CT molecular complexity index is 460. The first-order valence-corrected chi connectivity index (χ1v) is 6.27. The minimum Gasteiger partial charge on any atom is -0.399 e. The minimum atomic E-state index is -0.118. The molecule has 1 amide bonds. The first kappa shape index (κ1) is 12.5. The van der Waals surface area contributed by atoms with Crippen LogP contribution in [0.25, 0.3) is 0 Å². The molecule has 96 valence electrons. The molecule has 0 spiro atoms. The van der Waals surface area contributed by atoms with Crippen LogP contribution in [-0.2, 0) is 0 Å². The van der Waals surface area contributed by atoms with Crippen LogP contribution in [-0.4, -0.2) is 12.5 Å². The predicted molar refractivity (Wildman–Crippen MR) is 74.2 cm³/mol. The number of rotatable bonds is 4. The highest BCUT2D eigenvalue weighted by atomic mass is 16.1. The maximum Gasteiger partial charge on any atom is 0.251 e. The molecule has 0 aliphatic heterocycles. The molecule has 1 aromatic rings. The summed E-state index contributed by atoms with van der Waals surface area (Å²) >= 11 is 0. The van der Waals surface area contributed by atoms with Crippen molar-refractivity contribution in [3.05, 3.63) is 35.4 Å². The lowest BCUT2D eigenvalue weighted by Crippen LogP contribution is -2.24. The van der Waals surface area contributed by atoms with Crippen molar-refractivity contribution in [3.63, 3.8) is 0 Å². The van der Waals surface area contributed by atoms with Crippen molar-refractivity contribution in [3.8, 4) is 0 Å². The summed E-state index contributed by atoms with van der Waals surface area (Å²) in [6.07, 6.45) is 6.79. The van der Waals surface area contributed by atoms with Gasteiger partial charge in [0, 0.05) is 23.5 Å². The second kappa shape index (κ2) is 5.58. The molecule has 18 heavy (non-hydrogen) atoms. The van der Waals surface area contributed by atoms with Crippen molar-refractivity contribution < 1.29 is 4.79 Å². The number of carbonyl (C=O) groups excluding carboxylic acids is 1. The second-order valence-electron chi connectivity index (χ2n) is 4.65. The third-order valence-corrected chi connectivity index (χ3v) is 3.11. The molecule has 4 heteroatoms. The molecule has 0 saturated heterocycles. The van der Waals surface area contributed by atoms with E-state index in [2.05, 4.69) is 11.4 Å². The average Bonchev–Trinajstić information content (AvgIpc) is 2.80. The van der Waals surface area contributed by atoms with Gasteiger partial charge in [-0.05, 0) is 43.9 Å². The molecule has 0 unspecified atom stereocenters. The highest BCUT2D eigenvalue weighted by molar-refractivity contribution is 5.96. The molecule has 2 rings (SSSR count). The van der Waals surface area contributed by atoms with E-state index in [0.29, 0.717) is 23.5 Å². The van der Waals surface area contributed by atoms with E-state index in [1.807, 2.05) is 0 Å². The van der Waals surface area contributed by atoms with Crippen LogP contribution in [0, 0.1) is 0 Å². The van der Waals surface area contributed by atoms with Crippen LogP contribution in [0.5, 0.6) is 0 Å². The van der Waals surface area contributed by atoms with Gasteiger partial charge in [-0.3, -0.25) is 4.79 Å². The van der Waals surface area contributed by atoms with Crippen molar-refractivity contribution in [2.75, 3.05) is 18.0 Å². The zero-order valence-corrected chi connectivity index (χ0v) is 10.4. The van der Waals surface area contributed by atoms with Crippen molar-refractivity contribution in [2.24, 2.45) is 0 Å². The molecule has 1 aromatic carbocycles. The third-order valence-electron chi connectivity index (χ3n) is 3.11. The molecule has 0 aromatic heterocycles. The van der Waals surface area contributed by atoms with Crippen LogP contribution in [0.4, 0.5) is 11.4 Å². The van der Waals surface area contributed by atoms with Crippen LogP contribution in [0.2, 0.25) is 0 Å². The van der Waals surface area contributed by atoms with Gasteiger partial charge in [0.05, 0.1) is 0 Å². The number of amides is 1. The van der Waals surface area contributed by atoms with Crippen LogP contribution in [0.1, 0.15) is 36.0 Å². The van der Waals surface area contributed by atoms with E-state index in [9.17, 15) is 4.79 Å². The Kier molecular flexibility index (Phi) is 3.87. The average molecular weight is 245 g/mol. The number of hydrogen-bond acceptors (Lipinski definition) is 3. The van der Waals surface area contributed by atoms with Crippen molar-refractivity contribution in [1.82, 2.24) is 5.32 Å². The number of nitrogens with one attached hydrogen (secondary N) is 1. The summed E-state index contributed by atoms with van der Waals surface area (Å²) in [4.78, 5) is 11.9. The number of nitrogens with two attached hydrogens (primary N) is 2. The summed E-state index contributed by atoms with van der Waals surface area (Å²) in [7, 11) is 0. The summed E-state index contributed by atoms with van der Waals surface area (Å²) in [6, 6.07) is 4.92. The van der Waals surface area contributed by atoms with Crippen LogP contribution >= 0.6 is 0 Å². The van der Waals surface area contributed by atoms with E-state index >= 15 is 0 Å². The number of allylic oxidation sites excluding steroid dienone is 1. The highest BCUT2D eigenvalue weighted by Gasteiger charge is 2.08. The molecular formula is C14H19N3O. The van der Waals surface area contributed by atoms with E-state index in [1.165, 1.54) is 24.8 Å². The minimum absolute atomic E-state index is 0.118. The lowest BCUT2D eigenvalue weighted by atomic mass is 10.1. The summed E-state index contributed by atoms with van der Waals surface area (Å²) in [5.74, 6) is -0.118. The summed E-state index contributed by atoms with van der Waals surface area (Å²) in [5.41, 5.74) is 14.3. The van der Waals surface area contributed by atoms with Gasteiger partial charge in [-0.25, -0.2) is 0 Å². The molecule has 0 heterocycles. The van der Waals surface area contributed by atoms with Crippen molar-refractivity contribution >= 4 is 17.3 Å². The number of benzene rings is 1. The van der Waals surface area contributed by atoms with Gasteiger partial charge in [-0.1, -0.05) is 11.6 Å². The Labute approximate surface area is 107 Å². The number of carbonyl (C=O) groups is 1. The summed E-state index contributed by atoms with van der Waals surface area (Å²) in [5, 5.41) is 2.89. The first-order valence-electron chi connectivity index (χ1n) is 6.27. The standard InChI is InChI=1S/C14H19N3O/c15-12-7-11(8-13(16)9-12)14(18)17-6-5-10-3-1-2-4-10/h3,7-9H,1-2,4-6,15-16H2,(H,17,18). The van der Waals surface area contributed by atoms with Crippen LogP contribution in [0.3, 0.4) is 0 Å². The van der Waals surface area contributed by atoms with Gasteiger partial charge >= 0.3 is 0 Å². The fourth-order valence-electron chi connectivity index (χ4n) is 2.21. The number of anilines is 2. The van der Waals surface area contributed by atoms with E-state index < -0.39 is 0 Å². The zero-order valence-electron chi connectivity index (χ0n) is 10.4. The Morgan fingerprint density at radius 3 is 2.56 bits per heavy atom. The second-order valence-corrected chi connectivity index (χ2v) is 4.65. The monoisotopic (exact) mass is 245 g/mol. The SMILES string of the molecule is Nc1cc(N)cc(C(=O)NCCC2=CCCC2)c1. The fourth-order valence-corrected chi connectivity index (χ4v) is 2.21. The maximum absolute atomic E-state index is 11.9. The molecule has 1 aliphatic carbocycles. The number of nitrogen functional groups attached to an aromatic ring is 2. The van der Waals surface area contributed by atoms with Gasteiger partial charge in [-0.15, -0.1) is 0 Å². The van der Waals surface area contributed by atoms with Gasteiger partial charge in [-0.2, -0.15) is 0 Å². The zero-order chi connectivity index (χ0) is 13.0. The van der Waals surface area contributed by atoms with Crippen molar-refractivity contribution in [2.45, 2.75) is 25.7 Å². The third kappa shape index (κ3) is 3.26. The topological polar surface area (TPSA) is 81.1 Å². The lowest BCUT2D eigenvalue weighted by molar-refractivity contribution is 0.0954. The van der Waals surface area contributed by atoms with Gasteiger partial charge in [0.25, 0.3) is 5.91 Å². The molecule has 0 radical (unpaired) electrons. The van der Waals surface area contributed by atoms with E-state index in [0.717, 1.165) is 6.42 Å². The predicted octanol–water partition coefficient (Wildman–Crippen LogP) is 2.08. The quantitative estimate of drug-likeness (QED) is 0.561. The Balaban J connectivity index is 1.87. The van der Waals surface area contributed by atoms with Crippen LogP contribution < -0.4 is 16.8 Å². The lowest BCUT2D eigenvalue weighted by Gasteiger charge is -2.07. The molecular weight excluding hydrogens is 226 g/mol.